The van der Waals surface area contributed by atoms with Crippen LogP contribution in [0.4, 0.5) is 0 Å². The number of fused-ring (bicyclic) bond motifs is 1. The summed E-state index contributed by atoms with van der Waals surface area (Å²) in [6.45, 7) is 3.45. The Morgan fingerprint density at radius 1 is 1.19 bits per heavy atom. The van der Waals surface area contributed by atoms with Crippen LogP contribution in [-0.2, 0) is 11.2 Å². The van der Waals surface area contributed by atoms with Crippen LogP contribution in [0.3, 0.4) is 0 Å². The zero-order chi connectivity index (χ0) is 18.8. The lowest BCUT2D eigenvalue weighted by Gasteiger charge is -2.16. The van der Waals surface area contributed by atoms with Gasteiger partial charge in [-0.25, -0.2) is 4.79 Å². The number of aryl methyl sites for hydroxylation is 1. The molecule has 0 radical (unpaired) electrons. The molecular weight excluding hydrogens is 373 g/mol. The Bertz CT molecular complexity index is 971. The highest BCUT2D eigenvalue weighted by molar-refractivity contribution is 6.35. The fraction of sp³-hybridized carbons (Fsp3) is 0.200. The van der Waals surface area contributed by atoms with Crippen molar-refractivity contribution in [1.29, 1.82) is 0 Å². The lowest BCUT2D eigenvalue weighted by Crippen LogP contribution is -2.23. The molecule has 0 bridgehead atoms. The van der Waals surface area contributed by atoms with Crippen LogP contribution in [0, 0.1) is 6.92 Å². The highest BCUT2D eigenvalue weighted by Gasteiger charge is 2.18. The van der Waals surface area contributed by atoms with E-state index in [9.17, 15) is 4.79 Å². The maximum Gasteiger partial charge on any atom is 0.344 e. The van der Waals surface area contributed by atoms with Gasteiger partial charge in [-0.3, -0.25) is 4.98 Å². The summed E-state index contributed by atoms with van der Waals surface area (Å²) in [5.41, 5.74) is 3.66. The first-order valence-electron chi connectivity index (χ1n) is 8.07. The van der Waals surface area contributed by atoms with Crippen LogP contribution in [0.15, 0.2) is 42.6 Å². The minimum absolute atomic E-state index is 0.460. The largest absolute Gasteiger partial charge is 0.479 e. The molecule has 0 saturated heterocycles. The van der Waals surface area contributed by atoms with E-state index < -0.39 is 12.1 Å². The number of hydrogen-bond donors (Lipinski definition) is 1. The Hall–Kier alpha value is -2.30. The average Bonchev–Trinajstić information content (AvgIpc) is 2.61. The van der Waals surface area contributed by atoms with Crippen LogP contribution in [0.1, 0.15) is 23.6 Å². The minimum atomic E-state index is -1.03. The fourth-order valence-electron chi connectivity index (χ4n) is 2.78. The summed E-state index contributed by atoms with van der Waals surface area (Å²) in [5, 5.41) is 11.1. The third kappa shape index (κ3) is 3.76. The van der Waals surface area contributed by atoms with E-state index in [1.54, 1.807) is 18.3 Å². The number of halogens is 2. The summed E-state index contributed by atoms with van der Waals surface area (Å²) in [4.78, 5) is 15.6. The predicted octanol–water partition coefficient (Wildman–Crippen LogP) is 5.29. The zero-order valence-electron chi connectivity index (χ0n) is 14.3. The van der Waals surface area contributed by atoms with Gasteiger partial charge in [-0.15, -0.1) is 0 Å². The monoisotopic (exact) mass is 389 g/mol. The number of pyridine rings is 1. The molecule has 1 unspecified atom stereocenters. The first kappa shape index (κ1) is 18.5. The number of benzene rings is 2. The van der Waals surface area contributed by atoms with Crippen LogP contribution in [0.5, 0.6) is 5.75 Å². The number of aromatic nitrogens is 1. The van der Waals surface area contributed by atoms with Gasteiger partial charge in [0.15, 0.2) is 6.10 Å². The standard InChI is InChI=1S/C20H17Cl2NO3/c1-11-14(9-13-3-5-15(21)6-4-13)10-23-19-16(22)7-8-17(18(11)19)26-12(2)20(24)25/h3-8,10,12H,9H2,1-2H3,(H,24,25). The molecule has 1 aromatic heterocycles. The number of hydrogen-bond acceptors (Lipinski definition) is 3. The molecule has 0 fully saturated rings. The van der Waals surface area contributed by atoms with Crippen molar-refractivity contribution >= 4 is 40.1 Å². The minimum Gasteiger partial charge on any atom is -0.479 e. The Morgan fingerprint density at radius 3 is 2.54 bits per heavy atom. The van der Waals surface area contributed by atoms with Gasteiger partial charge in [-0.2, -0.15) is 0 Å². The highest BCUT2D eigenvalue weighted by atomic mass is 35.5. The Balaban J connectivity index is 2.08. The molecule has 0 aliphatic heterocycles. The average molecular weight is 390 g/mol. The second-order valence-electron chi connectivity index (χ2n) is 6.08. The highest BCUT2D eigenvalue weighted by Crippen LogP contribution is 2.35. The number of ether oxygens (including phenoxy) is 1. The molecule has 3 aromatic rings. The molecule has 134 valence electrons. The molecule has 2 aromatic carbocycles. The van der Waals surface area contributed by atoms with Crippen molar-refractivity contribution in [2.75, 3.05) is 0 Å². The van der Waals surface area contributed by atoms with E-state index in [0.717, 1.165) is 22.1 Å². The molecule has 0 aliphatic rings. The van der Waals surface area contributed by atoms with Gasteiger partial charge in [0, 0.05) is 16.6 Å². The van der Waals surface area contributed by atoms with E-state index in [4.69, 9.17) is 33.0 Å². The summed E-state index contributed by atoms with van der Waals surface area (Å²) >= 11 is 12.2. The van der Waals surface area contributed by atoms with Gasteiger partial charge in [0.1, 0.15) is 5.75 Å². The first-order chi connectivity index (χ1) is 12.4. The molecule has 4 nitrogen and oxygen atoms in total. The summed E-state index contributed by atoms with van der Waals surface area (Å²) in [6.07, 6.45) is 1.49. The Kier molecular flexibility index (Phi) is 5.35. The van der Waals surface area contributed by atoms with E-state index in [0.29, 0.717) is 27.7 Å². The van der Waals surface area contributed by atoms with E-state index >= 15 is 0 Å². The van der Waals surface area contributed by atoms with Gasteiger partial charge in [0.05, 0.1) is 10.5 Å². The zero-order valence-corrected chi connectivity index (χ0v) is 15.8. The summed E-state index contributed by atoms with van der Waals surface area (Å²) in [6, 6.07) is 11.0. The maximum absolute atomic E-state index is 11.1. The van der Waals surface area contributed by atoms with Crippen molar-refractivity contribution < 1.29 is 14.6 Å². The number of carbonyl (C=O) groups is 1. The van der Waals surface area contributed by atoms with Gasteiger partial charge >= 0.3 is 5.97 Å². The van der Waals surface area contributed by atoms with Crippen LogP contribution >= 0.6 is 23.2 Å². The van der Waals surface area contributed by atoms with Crippen LogP contribution in [0.25, 0.3) is 10.9 Å². The number of carboxylic acid groups (broad SMARTS) is 1. The first-order valence-corrected chi connectivity index (χ1v) is 8.83. The van der Waals surface area contributed by atoms with Crippen molar-refractivity contribution in [3.8, 4) is 5.75 Å². The van der Waals surface area contributed by atoms with Gasteiger partial charge in [-0.05, 0) is 61.2 Å². The molecule has 1 atom stereocenters. The smallest absolute Gasteiger partial charge is 0.344 e. The maximum atomic E-state index is 11.1. The van der Waals surface area contributed by atoms with E-state index in [2.05, 4.69) is 4.98 Å². The van der Waals surface area contributed by atoms with Gasteiger partial charge in [-0.1, -0.05) is 35.3 Å². The SMILES string of the molecule is Cc1c(Cc2ccc(Cl)cc2)cnc2c(Cl)ccc(OC(C)C(=O)O)c12. The second-order valence-corrected chi connectivity index (χ2v) is 6.92. The quantitative estimate of drug-likeness (QED) is 0.643. The van der Waals surface area contributed by atoms with Crippen molar-refractivity contribution in [2.45, 2.75) is 26.4 Å². The van der Waals surface area contributed by atoms with E-state index in [1.807, 2.05) is 31.2 Å². The molecule has 1 N–H and O–H groups in total. The number of carboxylic acids is 1. The fourth-order valence-corrected chi connectivity index (χ4v) is 3.11. The van der Waals surface area contributed by atoms with Crippen LogP contribution < -0.4 is 4.74 Å². The van der Waals surface area contributed by atoms with Gasteiger partial charge in [0.25, 0.3) is 0 Å². The Morgan fingerprint density at radius 2 is 1.88 bits per heavy atom. The summed E-state index contributed by atoms with van der Waals surface area (Å²) in [7, 11) is 0. The molecule has 1 heterocycles. The third-order valence-corrected chi connectivity index (χ3v) is 4.81. The van der Waals surface area contributed by atoms with Crippen LogP contribution in [0.2, 0.25) is 10.0 Å². The number of aliphatic carboxylic acids is 1. The third-order valence-electron chi connectivity index (χ3n) is 4.26. The topological polar surface area (TPSA) is 59.4 Å². The van der Waals surface area contributed by atoms with E-state index in [1.165, 1.54) is 6.92 Å². The second kappa shape index (κ2) is 7.52. The van der Waals surface area contributed by atoms with Crippen molar-refractivity contribution in [3.63, 3.8) is 0 Å². The predicted molar refractivity (Wildman–Crippen MR) is 103 cm³/mol. The van der Waals surface area contributed by atoms with Crippen molar-refractivity contribution in [3.05, 3.63) is 69.3 Å². The van der Waals surface area contributed by atoms with Crippen molar-refractivity contribution in [2.24, 2.45) is 0 Å². The normalized spacial score (nSPS) is 12.2. The molecule has 0 saturated carbocycles. The number of nitrogens with zero attached hydrogens (tertiary/aromatic N) is 1. The molecular formula is C20H17Cl2NO3. The molecule has 3 rings (SSSR count). The lowest BCUT2D eigenvalue weighted by molar-refractivity contribution is -0.144. The van der Waals surface area contributed by atoms with E-state index in [-0.39, 0.29) is 0 Å². The Labute approximate surface area is 161 Å². The molecule has 0 spiro atoms. The van der Waals surface area contributed by atoms with Crippen LogP contribution in [-0.4, -0.2) is 22.2 Å². The lowest BCUT2D eigenvalue weighted by atomic mass is 9.98. The summed E-state index contributed by atoms with van der Waals surface area (Å²) in [5.74, 6) is -0.571. The summed E-state index contributed by atoms with van der Waals surface area (Å²) < 4.78 is 5.63. The molecule has 0 aliphatic carbocycles. The van der Waals surface area contributed by atoms with Gasteiger partial charge < -0.3 is 9.84 Å². The molecule has 6 heteroatoms. The molecule has 26 heavy (non-hydrogen) atoms. The van der Waals surface area contributed by atoms with Crippen molar-refractivity contribution in [1.82, 2.24) is 4.98 Å². The number of rotatable bonds is 5. The van der Waals surface area contributed by atoms with Gasteiger partial charge in [0.2, 0.25) is 0 Å². The molecule has 0 amide bonds.